The van der Waals surface area contributed by atoms with Crippen LogP contribution in [0.1, 0.15) is 58.8 Å². The van der Waals surface area contributed by atoms with E-state index in [0.717, 1.165) is 19.3 Å². The highest BCUT2D eigenvalue weighted by molar-refractivity contribution is 5.78. The highest BCUT2D eigenvalue weighted by Gasteiger charge is 2.22. The summed E-state index contributed by atoms with van der Waals surface area (Å²) in [4.78, 5) is 25.5. The first-order valence-electron chi connectivity index (χ1n) is 8.06. The molecule has 1 saturated heterocycles. The van der Waals surface area contributed by atoms with Gasteiger partial charge in [0.25, 0.3) is 0 Å². The number of rotatable bonds is 0. The highest BCUT2D eigenvalue weighted by atomic mass is 16.3. The van der Waals surface area contributed by atoms with Crippen LogP contribution in [0.4, 0.5) is 0 Å². The molecule has 0 aromatic heterocycles. The molecule has 21 heavy (non-hydrogen) atoms. The molecule has 122 valence electrons. The number of nitrogens with one attached hydrogen (secondary N) is 1. The van der Waals surface area contributed by atoms with Gasteiger partial charge in [0.1, 0.15) is 0 Å². The SMILES string of the molecule is C[C@@H]1CCC[C@](C)(O)CCCN(C)C(=O)CCCNC1=O. The van der Waals surface area contributed by atoms with Crippen molar-refractivity contribution in [3.8, 4) is 0 Å². The first-order chi connectivity index (χ1) is 9.82. The van der Waals surface area contributed by atoms with Crippen molar-refractivity contribution in [2.45, 2.75) is 64.4 Å². The van der Waals surface area contributed by atoms with Gasteiger partial charge in [-0.2, -0.15) is 0 Å². The third-order valence-electron chi connectivity index (χ3n) is 4.30. The molecule has 2 atom stereocenters. The zero-order valence-corrected chi connectivity index (χ0v) is 13.7. The molecule has 0 aromatic rings. The van der Waals surface area contributed by atoms with Gasteiger partial charge in [-0.15, -0.1) is 0 Å². The van der Waals surface area contributed by atoms with Crippen molar-refractivity contribution in [3.05, 3.63) is 0 Å². The van der Waals surface area contributed by atoms with E-state index in [0.29, 0.717) is 38.8 Å². The average molecular weight is 298 g/mol. The van der Waals surface area contributed by atoms with E-state index in [1.165, 1.54) is 0 Å². The van der Waals surface area contributed by atoms with Crippen molar-refractivity contribution in [2.24, 2.45) is 5.92 Å². The molecule has 1 rings (SSSR count). The predicted octanol–water partition coefficient (Wildman–Crippen LogP) is 1.69. The normalized spacial score (nSPS) is 31.2. The van der Waals surface area contributed by atoms with Crippen molar-refractivity contribution in [1.82, 2.24) is 10.2 Å². The Morgan fingerprint density at radius 1 is 1.24 bits per heavy atom. The molecule has 5 nitrogen and oxygen atoms in total. The second kappa shape index (κ2) is 8.37. The van der Waals surface area contributed by atoms with Crippen LogP contribution in [0.25, 0.3) is 0 Å². The lowest BCUT2D eigenvalue weighted by molar-refractivity contribution is -0.130. The lowest BCUT2D eigenvalue weighted by atomic mass is 9.91. The summed E-state index contributed by atoms with van der Waals surface area (Å²) in [6, 6.07) is 0. The quantitative estimate of drug-likeness (QED) is 0.715. The van der Waals surface area contributed by atoms with Gasteiger partial charge in [0.15, 0.2) is 0 Å². The van der Waals surface area contributed by atoms with E-state index in [2.05, 4.69) is 5.32 Å². The number of hydrogen-bond donors (Lipinski definition) is 2. The van der Waals surface area contributed by atoms with E-state index in [1.54, 1.807) is 11.9 Å². The Morgan fingerprint density at radius 2 is 1.90 bits per heavy atom. The van der Waals surface area contributed by atoms with E-state index in [4.69, 9.17) is 0 Å². The molecule has 0 saturated carbocycles. The lowest BCUT2D eigenvalue weighted by Gasteiger charge is -2.25. The minimum absolute atomic E-state index is 0.0377. The Bertz CT molecular complexity index is 323. The number of carbonyl (C=O) groups is 2. The van der Waals surface area contributed by atoms with Gasteiger partial charge >= 0.3 is 0 Å². The summed E-state index contributed by atoms with van der Waals surface area (Å²) < 4.78 is 0. The molecule has 0 unspecified atom stereocenters. The first-order valence-corrected chi connectivity index (χ1v) is 8.06. The fourth-order valence-electron chi connectivity index (χ4n) is 2.68. The topological polar surface area (TPSA) is 69.6 Å². The van der Waals surface area contributed by atoms with Crippen LogP contribution in [-0.4, -0.2) is 47.6 Å². The fraction of sp³-hybridized carbons (Fsp3) is 0.875. The molecule has 1 heterocycles. The molecule has 0 aromatic carbocycles. The Kier molecular flexibility index (Phi) is 7.15. The van der Waals surface area contributed by atoms with Gasteiger partial charge in [-0.25, -0.2) is 0 Å². The standard InChI is InChI=1S/C16H30N2O3/c1-13-7-4-9-16(2,21)10-6-12-18(3)14(19)8-5-11-17-15(13)20/h13,21H,4-12H2,1-3H3,(H,17,20)/t13-,16+/m1/s1. The lowest BCUT2D eigenvalue weighted by Crippen LogP contribution is -2.32. The molecule has 5 heteroatoms. The molecule has 2 N–H and O–H groups in total. The Morgan fingerprint density at radius 3 is 2.62 bits per heavy atom. The molecule has 0 aliphatic carbocycles. The fourth-order valence-corrected chi connectivity index (χ4v) is 2.68. The summed E-state index contributed by atoms with van der Waals surface area (Å²) >= 11 is 0. The van der Waals surface area contributed by atoms with Crippen LogP contribution >= 0.6 is 0 Å². The van der Waals surface area contributed by atoms with Crippen LogP contribution in [0.3, 0.4) is 0 Å². The Hall–Kier alpha value is -1.10. The van der Waals surface area contributed by atoms with Crippen molar-refractivity contribution < 1.29 is 14.7 Å². The summed E-state index contributed by atoms with van der Waals surface area (Å²) in [6.45, 7) is 5.00. The van der Waals surface area contributed by atoms with Crippen LogP contribution in [0.15, 0.2) is 0 Å². The second-order valence-electron chi connectivity index (χ2n) is 6.60. The minimum Gasteiger partial charge on any atom is -0.390 e. The van der Waals surface area contributed by atoms with Crippen LogP contribution in [-0.2, 0) is 9.59 Å². The Balaban J connectivity index is 2.60. The third kappa shape index (κ3) is 6.93. The van der Waals surface area contributed by atoms with Crippen molar-refractivity contribution in [2.75, 3.05) is 20.1 Å². The number of hydrogen-bond acceptors (Lipinski definition) is 3. The number of amides is 2. The number of carbonyl (C=O) groups excluding carboxylic acids is 2. The van der Waals surface area contributed by atoms with Crippen molar-refractivity contribution in [1.29, 1.82) is 0 Å². The van der Waals surface area contributed by atoms with Crippen LogP contribution in [0.5, 0.6) is 0 Å². The van der Waals surface area contributed by atoms with Gasteiger partial charge in [0, 0.05) is 32.5 Å². The zero-order valence-electron chi connectivity index (χ0n) is 13.7. The number of nitrogens with zero attached hydrogens (tertiary/aromatic N) is 1. The van der Waals surface area contributed by atoms with E-state index >= 15 is 0 Å². The van der Waals surface area contributed by atoms with E-state index in [1.807, 2.05) is 13.8 Å². The zero-order chi connectivity index (χ0) is 15.9. The monoisotopic (exact) mass is 298 g/mol. The molecule has 1 aliphatic heterocycles. The minimum atomic E-state index is -0.708. The predicted molar refractivity (Wildman–Crippen MR) is 82.8 cm³/mol. The maximum absolute atomic E-state index is 11.9. The Labute approximate surface area is 128 Å². The molecule has 1 fully saturated rings. The van der Waals surface area contributed by atoms with Crippen molar-refractivity contribution in [3.63, 3.8) is 0 Å². The van der Waals surface area contributed by atoms with Gasteiger partial charge in [0.2, 0.25) is 11.8 Å². The summed E-state index contributed by atoms with van der Waals surface area (Å²) in [6.07, 6.45) is 4.97. The van der Waals surface area contributed by atoms with Crippen LogP contribution in [0.2, 0.25) is 0 Å². The van der Waals surface area contributed by atoms with Gasteiger partial charge in [-0.3, -0.25) is 9.59 Å². The number of aliphatic hydroxyl groups is 1. The molecule has 1 aliphatic rings. The summed E-state index contributed by atoms with van der Waals surface area (Å²) in [5, 5.41) is 13.2. The first kappa shape index (κ1) is 18.0. The summed E-state index contributed by atoms with van der Waals surface area (Å²) in [5.74, 6) is 0.112. The van der Waals surface area contributed by atoms with Gasteiger partial charge in [-0.05, 0) is 45.4 Å². The highest BCUT2D eigenvalue weighted by Crippen LogP contribution is 2.22. The largest absolute Gasteiger partial charge is 0.390 e. The smallest absolute Gasteiger partial charge is 0.222 e. The van der Waals surface area contributed by atoms with Crippen molar-refractivity contribution >= 4 is 11.8 Å². The van der Waals surface area contributed by atoms with Gasteiger partial charge in [0.05, 0.1) is 5.60 Å². The second-order valence-corrected chi connectivity index (χ2v) is 6.60. The van der Waals surface area contributed by atoms with E-state index in [9.17, 15) is 14.7 Å². The molecule has 0 bridgehead atoms. The van der Waals surface area contributed by atoms with Crippen LogP contribution < -0.4 is 5.32 Å². The molecular weight excluding hydrogens is 268 g/mol. The van der Waals surface area contributed by atoms with E-state index < -0.39 is 5.60 Å². The average Bonchev–Trinajstić information content (AvgIpc) is 2.41. The third-order valence-corrected chi connectivity index (χ3v) is 4.30. The molecule has 0 radical (unpaired) electrons. The van der Waals surface area contributed by atoms with Crippen LogP contribution in [0, 0.1) is 5.92 Å². The van der Waals surface area contributed by atoms with Gasteiger partial charge in [-0.1, -0.05) is 6.92 Å². The van der Waals surface area contributed by atoms with E-state index in [-0.39, 0.29) is 17.7 Å². The van der Waals surface area contributed by atoms with Gasteiger partial charge < -0.3 is 15.3 Å². The maximum Gasteiger partial charge on any atom is 0.222 e. The summed E-state index contributed by atoms with van der Waals surface area (Å²) in [5.41, 5.74) is -0.708. The molecular formula is C16H30N2O3. The maximum atomic E-state index is 11.9. The summed E-state index contributed by atoms with van der Waals surface area (Å²) in [7, 11) is 1.80. The molecule has 2 amide bonds. The molecule has 0 spiro atoms.